The maximum absolute atomic E-state index is 11.5. The van der Waals surface area contributed by atoms with Gasteiger partial charge in [0, 0.05) is 8.95 Å². The second-order valence-corrected chi connectivity index (χ2v) is 4.53. The highest BCUT2D eigenvalue weighted by atomic mass is 79.9. The number of hydrogen-bond donors (Lipinski definition) is 0. The Morgan fingerprint density at radius 1 is 1.43 bits per heavy atom. The number of rotatable bonds is 3. The molecule has 0 atom stereocenters. The molecule has 0 aliphatic carbocycles. The maximum atomic E-state index is 11.5. The number of halogens is 2. The largest absolute Gasteiger partial charge is 0.462 e. The summed E-state index contributed by atoms with van der Waals surface area (Å²) in [7, 11) is 0. The average molecular weight is 322 g/mol. The SMILES string of the molecule is CCCOC(=O)c1ccc(Br)cc1Br. The highest BCUT2D eigenvalue weighted by Crippen LogP contribution is 2.22. The molecule has 0 unspecified atom stereocenters. The molecule has 0 aromatic heterocycles. The van der Waals surface area contributed by atoms with Crippen molar-refractivity contribution in [2.24, 2.45) is 0 Å². The molecular weight excluding hydrogens is 312 g/mol. The second kappa shape index (κ2) is 5.51. The monoisotopic (exact) mass is 320 g/mol. The molecule has 0 bridgehead atoms. The molecule has 76 valence electrons. The first-order chi connectivity index (χ1) is 6.65. The van der Waals surface area contributed by atoms with Crippen molar-refractivity contribution in [3.63, 3.8) is 0 Å². The van der Waals surface area contributed by atoms with E-state index in [0.29, 0.717) is 12.2 Å². The molecule has 0 aliphatic heterocycles. The number of benzene rings is 1. The summed E-state index contributed by atoms with van der Waals surface area (Å²) in [5.41, 5.74) is 0.557. The van der Waals surface area contributed by atoms with Gasteiger partial charge in [-0.3, -0.25) is 0 Å². The summed E-state index contributed by atoms with van der Waals surface area (Å²) in [6, 6.07) is 5.36. The quantitative estimate of drug-likeness (QED) is 0.792. The molecule has 2 nitrogen and oxygen atoms in total. The van der Waals surface area contributed by atoms with E-state index in [4.69, 9.17) is 4.74 Å². The van der Waals surface area contributed by atoms with Crippen LogP contribution in [0.3, 0.4) is 0 Å². The Kier molecular flexibility index (Phi) is 4.62. The predicted octanol–water partition coefficient (Wildman–Crippen LogP) is 3.78. The zero-order valence-electron chi connectivity index (χ0n) is 7.72. The van der Waals surface area contributed by atoms with Crippen molar-refractivity contribution >= 4 is 37.8 Å². The van der Waals surface area contributed by atoms with Crippen LogP contribution in [0, 0.1) is 0 Å². The minimum Gasteiger partial charge on any atom is -0.462 e. The lowest BCUT2D eigenvalue weighted by molar-refractivity contribution is 0.0504. The molecule has 0 amide bonds. The van der Waals surface area contributed by atoms with E-state index in [2.05, 4.69) is 31.9 Å². The van der Waals surface area contributed by atoms with Crippen LogP contribution in [0.1, 0.15) is 23.7 Å². The highest BCUT2D eigenvalue weighted by Gasteiger charge is 2.10. The van der Waals surface area contributed by atoms with Crippen molar-refractivity contribution in [1.82, 2.24) is 0 Å². The first kappa shape index (κ1) is 11.7. The lowest BCUT2D eigenvalue weighted by Crippen LogP contribution is -2.06. The van der Waals surface area contributed by atoms with Gasteiger partial charge in [-0.05, 0) is 40.5 Å². The van der Waals surface area contributed by atoms with Crippen molar-refractivity contribution in [1.29, 1.82) is 0 Å². The fourth-order valence-corrected chi connectivity index (χ4v) is 2.14. The van der Waals surface area contributed by atoms with Gasteiger partial charge in [-0.25, -0.2) is 4.79 Å². The van der Waals surface area contributed by atoms with Crippen LogP contribution in [0.2, 0.25) is 0 Å². The summed E-state index contributed by atoms with van der Waals surface area (Å²) in [6.07, 6.45) is 0.833. The minimum absolute atomic E-state index is 0.286. The number of carbonyl (C=O) groups is 1. The van der Waals surface area contributed by atoms with Gasteiger partial charge < -0.3 is 4.74 Å². The summed E-state index contributed by atoms with van der Waals surface area (Å²) in [6.45, 7) is 2.42. The number of ether oxygens (including phenoxy) is 1. The maximum Gasteiger partial charge on any atom is 0.339 e. The van der Waals surface area contributed by atoms with Gasteiger partial charge in [0.15, 0.2) is 0 Å². The summed E-state index contributed by atoms with van der Waals surface area (Å²) >= 11 is 6.62. The van der Waals surface area contributed by atoms with Gasteiger partial charge in [-0.15, -0.1) is 0 Å². The van der Waals surface area contributed by atoms with E-state index in [1.807, 2.05) is 19.1 Å². The third-order valence-corrected chi connectivity index (χ3v) is 2.74. The van der Waals surface area contributed by atoms with E-state index in [0.717, 1.165) is 15.4 Å². The molecule has 0 fully saturated rings. The summed E-state index contributed by atoms with van der Waals surface area (Å²) in [4.78, 5) is 11.5. The predicted molar refractivity (Wildman–Crippen MR) is 62.4 cm³/mol. The number of hydrogen-bond acceptors (Lipinski definition) is 2. The number of carbonyl (C=O) groups excluding carboxylic acids is 1. The fraction of sp³-hybridized carbons (Fsp3) is 0.300. The van der Waals surface area contributed by atoms with Crippen LogP contribution in [0.4, 0.5) is 0 Å². The van der Waals surface area contributed by atoms with Crippen LogP contribution >= 0.6 is 31.9 Å². The van der Waals surface area contributed by atoms with E-state index in [-0.39, 0.29) is 5.97 Å². The van der Waals surface area contributed by atoms with Crippen LogP contribution in [-0.2, 0) is 4.74 Å². The van der Waals surface area contributed by atoms with E-state index in [1.165, 1.54) is 0 Å². The van der Waals surface area contributed by atoms with Crippen LogP contribution in [-0.4, -0.2) is 12.6 Å². The third-order valence-electron chi connectivity index (χ3n) is 1.59. The zero-order chi connectivity index (χ0) is 10.6. The molecule has 0 N–H and O–H groups in total. The number of esters is 1. The lowest BCUT2D eigenvalue weighted by atomic mass is 10.2. The van der Waals surface area contributed by atoms with E-state index < -0.39 is 0 Å². The van der Waals surface area contributed by atoms with E-state index >= 15 is 0 Å². The standard InChI is InChI=1S/C10H10Br2O2/c1-2-5-14-10(13)8-4-3-7(11)6-9(8)12/h3-4,6H,2,5H2,1H3. The van der Waals surface area contributed by atoms with E-state index in [9.17, 15) is 4.79 Å². The normalized spacial score (nSPS) is 9.93. The molecule has 0 heterocycles. The van der Waals surface area contributed by atoms with Gasteiger partial charge in [0.1, 0.15) is 0 Å². The Bertz CT molecular complexity index is 337. The van der Waals surface area contributed by atoms with Crippen LogP contribution in [0.25, 0.3) is 0 Å². The Morgan fingerprint density at radius 2 is 2.14 bits per heavy atom. The Hall–Kier alpha value is -0.350. The Balaban J connectivity index is 2.80. The average Bonchev–Trinajstić information content (AvgIpc) is 2.14. The summed E-state index contributed by atoms with van der Waals surface area (Å²) in [5, 5.41) is 0. The summed E-state index contributed by atoms with van der Waals surface area (Å²) in [5.74, 6) is -0.286. The van der Waals surface area contributed by atoms with Crippen molar-refractivity contribution in [3.05, 3.63) is 32.7 Å². The molecule has 1 aromatic rings. The molecule has 0 saturated carbocycles. The van der Waals surface area contributed by atoms with E-state index in [1.54, 1.807) is 6.07 Å². The van der Waals surface area contributed by atoms with Crippen LogP contribution in [0.15, 0.2) is 27.1 Å². The van der Waals surface area contributed by atoms with Crippen molar-refractivity contribution in [2.45, 2.75) is 13.3 Å². The first-order valence-electron chi connectivity index (χ1n) is 4.27. The molecule has 14 heavy (non-hydrogen) atoms. The summed E-state index contributed by atoms with van der Waals surface area (Å²) < 4.78 is 6.68. The van der Waals surface area contributed by atoms with Gasteiger partial charge in [0.05, 0.1) is 12.2 Å². The second-order valence-electron chi connectivity index (χ2n) is 2.76. The van der Waals surface area contributed by atoms with Gasteiger partial charge in [0.2, 0.25) is 0 Å². The molecule has 1 rings (SSSR count). The van der Waals surface area contributed by atoms with Crippen molar-refractivity contribution in [3.8, 4) is 0 Å². The van der Waals surface area contributed by atoms with Crippen molar-refractivity contribution in [2.75, 3.05) is 6.61 Å². The molecule has 0 saturated heterocycles. The smallest absolute Gasteiger partial charge is 0.339 e. The fourth-order valence-electron chi connectivity index (χ4n) is 0.928. The molecule has 0 aliphatic rings. The van der Waals surface area contributed by atoms with Crippen LogP contribution in [0.5, 0.6) is 0 Å². The van der Waals surface area contributed by atoms with Crippen molar-refractivity contribution < 1.29 is 9.53 Å². The first-order valence-corrected chi connectivity index (χ1v) is 5.86. The minimum atomic E-state index is -0.286. The van der Waals surface area contributed by atoms with Gasteiger partial charge in [-0.1, -0.05) is 22.9 Å². The van der Waals surface area contributed by atoms with Gasteiger partial charge >= 0.3 is 5.97 Å². The molecule has 0 radical (unpaired) electrons. The molecule has 1 aromatic carbocycles. The van der Waals surface area contributed by atoms with Crippen LogP contribution < -0.4 is 0 Å². The molecule has 4 heteroatoms. The lowest BCUT2D eigenvalue weighted by Gasteiger charge is -2.05. The molecular formula is C10H10Br2O2. The topological polar surface area (TPSA) is 26.3 Å². The molecule has 0 spiro atoms. The Morgan fingerprint density at radius 3 is 2.71 bits per heavy atom. The van der Waals surface area contributed by atoms with Gasteiger partial charge in [-0.2, -0.15) is 0 Å². The Labute approximate surface area is 99.9 Å². The van der Waals surface area contributed by atoms with Gasteiger partial charge in [0.25, 0.3) is 0 Å². The highest BCUT2D eigenvalue weighted by molar-refractivity contribution is 9.11. The zero-order valence-corrected chi connectivity index (χ0v) is 10.9. The third kappa shape index (κ3) is 3.10.